The molecule has 0 amide bonds. The number of hydrogen-bond acceptors (Lipinski definition) is 2. The smallest absolute Gasteiger partial charge is 0.189 e. The standard InChI is InChI=1S/C8H9N3/c1-5-3-6(11-2)4-7(9)8(5)10/h3-4H,9-10H2,1H3. The Kier molecular flexibility index (Phi) is 1.69. The molecule has 0 fully saturated rings. The highest BCUT2D eigenvalue weighted by Crippen LogP contribution is 2.25. The highest BCUT2D eigenvalue weighted by Gasteiger charge is 2.00. The molecule has 1 aromatic carbocycles. The van der Waals surface area contributed by atoms with Crippen LogP contribution in [0.25, 0.3) is 4.85 Å². The van der Waals surface area contributed by atoms with Crippen molar-refractivity contribution < 1.29 is 0 Å². The molecule has 11 heavy (non-hydrogen) atoms. The number of nitrogens with zero attached hydrogens (tertiary/aromatic N) is 1. The van der Waals surface area contributed by atoms with Gasteiger partial charge in [0.25, 0.3) is 0 Å². The zero-order valence-corrected chi connectivity index (χ0v) is 6.26. The Morgan fingerprint density at radius 1 is 1.36 bits per heavy atom. The van der Waals surface area contributed by atoms with Gasteiger partial charge in [0.2, 0.25) is 0 Å². The molecule has 0 aliphatic heterocycles. The van der Waals surface area contributed by atoms with Gasteiger partial charge in [0.1, 0.15) is 0 Å². The second-order valence-electron chi connectivity index (χ2n) is 2.38. The molecule has 0 bridgehead atoms. The van der Waals surface area contributed by atoms with Gasteiger partial charge in [-0.1, -0.05) is 6.07 Å². The van der Waals surface area contributed by atoms with Crippen molar-refractivity contribution in [3.8, 4) is 0 Å². The maximum absolute atomic E-state index is 6.74. The van der Waals surface area contributed by atoms with Crippen molar-refractivity contribution in [3.63, 3.8) is 0 Å². The molecular weight excluding hydrogens is 138 g/mol. The lowest BCUT2D eigenvalue weighted by atomic mass is 10.1. The molecule has 0 aliphatic rings. The van der Waals surface area contributed by atoms with Gasteiger partial charge in [0, 0.05) is 5.69 Å². The molecule has 0 atom stereocenters. The van der Waals surface area contributed by atoms with E-state index in [4.69, 9.17) is 18.0 Å². The highest BCUT2D eigenvalue weighted by molar-refractivity contribution is 5.73. The minimum Gasteiger partial charge on any atom is -0.398 e. The maximum Gasteiger partial charge on any atom is 0.189 e. The van der Waals surface area contributed by atoms with Crippen LogP contribution in [0, 0.1) is 13.5 Å². The first-order valence-corrected chi connectivity index (χ1v) is 3.18. The van der Waals surface area contributed by atoms with E-state index in [1.165, 1.54) is 0 Å². The molecule has 1 rings (SSSR count). The number of nitrogens with two attached hydrogens (primary N) is 2. The van der Waals surface area contributed by atoms with Crippen molar-refractivity contribution >= 4 is 17.1 Å². The van der Waals surface area contributed by atoms with E-state index in [0.29, 0.717) is 17.1 Å². The third-order valence-corrected chi connectivity index (χ3v) is 1.53. The van der Waals surface area contributed by atoms with Crippen LogP contribution in [0.3, 0.4) is 0 Å². The topological polar surface area (TPSA) is 56.4 Å². The third kappa shape index (κ3) is 1.24. The van der Waals surface area contributed by atoms with E-state index in [1.54, 1.807) is 12.1 Å². The normalized spacial score (nSPS) is 9.09. The van der Waals surface area contributed by atoms with Gasteiger partial charge >= 0.3 is 0 Å². The van der Waals surface area contributed by atoms with Crippen LogP contribution in [0.4, 0.5) is 17.1 Å². The summed E-state index contributed by atoms with van der Waals surface area (Å²) >= 11 is 0. The summed E-state index contributed by atoms with van der Waals surface area (Å²) in [4.78, 5) is 3.25. The zero-order valence-electron chi connectivity index (χ0n) is 6.26. The Hall–Kier alpha value is -1.69. The van der Waals surface area contributed by atoms with Crippen LogP contribution in [0.1, 0.15) is 5.56 Å². The van der Waals surface area contributed by atoms with Gasteiger partial charge in [-0.15, -0.1) is 0 Å². The molecule has 0 unspecified atom stereocenters. The summed E-state index contributed by atoms with van der Waals surface area (Å²) in [5, 5.41) is 0. The minimum atomic E-state index is 0.482. The van der Waals surface area contributed by atoms with Crippen LogP contribution in [0.2, 0.25) is 0 Å². The number of rotatable bonds is 0. The Labute approximate surface area is 65.4 Å². The van der Waals surface area contributed by atoms with Gasteiger partial charge in [0.15, 0.2) is 5.69 Å². The predicted molar refractivity (Wildman–Crippen MR) is 46.3 cm³/mol. The summed E-state index contributed by atoms with van der Waals surface area (Å²) in [5.74, 6) is 0. The molecule has 1 aromatic rings. The lowest BCUT2D eigenvalue weighted by molar-refractivity contribution is 1.48. The lowest BCUT2D eigenvalue weighted by Crippen LogP contribution is -1.96. The van der Waals surface area contributed by atoms with Crippen LogP contribution in [-0.4, -0.2) is 0 Å². The average Bonchev–Trinajstić information content (AvgIpc) is 1.99. The van der Waals surface area contributed by atoms with Crippen LogP contribution in [-0.2, 0) is 0 Å². The molecule has 0 spiro atoms. The highest BCUT2D eigenvalue weighted by atomic mass is 14.7. The Bertz CT molecular complexity index is 300. The van der Waals surface area contributed by atoms with Gasteiger partial charge in [-0.2, -0.15) is 0 Å². The maximum atomic E-state index is 6.74. The van der Waals surface area contributed by atoms with Gasteiger partial charge in [-0.05, 0) is 18.6 Å². The van der Waals surface area contributed by atoms with E-state index in [2.05, 4.69) is 4.85 Å². The monoisotopic (exact) mass is 147 g/mol. The molecule has 3 nitrogen and oxygen atoms in total. The van der Waals surface area contributed by atoms with Crippen molar-refractivity contribution in [1.82, 2.24) is 0 Å². The van der Waals surface area contributed by atoms with Crippen molar-refractivity contribution in [3.05, 3.63) is 29.1 Å². The van der Waals surface area contributed by atoms with Gasteiger partial charge in [0.05, 0.1) is 12.3 Å². The SMILES string of the molecule is [C-]#[N+]c1cc(C)c(N)c(N)c1. The fourth-order valence-corrected chi connectivity index (χ4v) is 0.871. The van der Waals surface area contributed by atoms with Gasteiger partial charge < -0.3 is 11.5 Å². The first-order valence-electron chi connectivity index (χ1n) is 3.18. The summed E-state index contributed by atoms with van der Waals surface area (Å²) in [6.07, 6.45) is 0. The van der Waals surface area contributed by atoms with Crippen LogP contribution < -0.4 is 11.5 Å². The summed E-state index contributed by atoms with van der Waals surface area (Å²) in [5.41, 5.74) is 13.5. The van der Waals surface area contributed by atoms with E-state index in [9.17, 15) is 0 Å². The largest absolute Gasteiger partial charge is 0.398 e. The van der Waals surface area contributed by atoms with Crippen molar-refractivity contribution in [2.24, 2.45) is 0 Å². The lowest BCUT2D eigenvalue weighted by Gasteiger charge is -2.03. The van der Waals surface area contributed by atoms with Gasteiger partial charge in [-0.25, -0.2) is 4.85 Å². The minimum absolute atomic E-state index is 0.482. The van der Waals surface area contributed by atoms with Crippen molar-refractivity contribution in [2.45, 2.75) is 6.92 Å². The number of benzene rings is 1. The summed E-state index contributed by atoms with van der Waals surface area (Å²) in [7, 11) is 0. The molecule has 3 heteroatoms. The second kappa shape index (κ2) is 2.51. The number of nitrogen functional groups attached to an aromatic ring is 2. The summed E-state index contributed by atoms with van der Waals surface area (Å²) in [6, 6.07) is 3.30. The molecule has 0 heterocycles. The Morgan fingerprint density at radius 3 is 2.45 bits per heavy atom. The quantitative estimate of drug-likeness (QED) is 0.433. The number of aryl methyl sites for hydroxylation is 1. The molecule has 0 aromatic heterocycles. The van der Waals surface area contributed by atoms with Crippen LogP contribution in [0.15, 0.2) is 12.1 Å². The molecule has 0 saturated carbocycles. The first-order chi connectivity index (χ1) is 5.15. The fourth-order valence-electron chi connectivity index (χ4n) is 0.871. The van der Waals surface area contributed by atoms with E-state index in [1.807, 2.05) is 6.92 Å². The molecule has 0 aliphatic carbocycles. The summed E-state index contributed by atoms with van der Waals surface area (Å²) < 4.78 is 0. The van der Waals surface area contributed by atoms with Crippen LogP contribution in [0.5, 0.6) is 0 Å². The molecule has 4 N–H and O–H groups in total. The van der Waals surface area contributed by atoms with E-state index < -0.39 is 0 Å². The molecule has 0 saturated heterocycles. The van der Waals surface area contributed by atoms with Crippen molar-refractivity contribution in [2.75, 3.05) is 11.5 Å². The van der Waals surface area contributed by atoms with E-state index in [-0.39, 0.29) is 0 Å². The van der Waals surface area contributed by atoms with E-state index >= 15 is 0 Å². The fraction of sp³-hybridized carbons (Fsp3) is 0.125. The molecule has 0 radical (unpaired) electrons. The first kappa shape index (κ1) is 7.42. The number of hydrogen-bond donors (Lipinski definition) is 2. The van der Waals surface area contributed by atoms with Crippen molar-refractivity contribution in [1.29, 1.82) is 0 Å². The Morgan fingerprint density at radius 2 is 2.00 bits per heavy atom. The second-order valence-corrected chi connectivity index (χ2v) is 2.38. The van der Waals surface area contributed by atoms with Gasteiger partial charge in [-0.3, -0.25) is 0 Å². The predicted octanol–water partition coefficient (Wildman–Crippen LogP) is 1.71. The average molecular weight is 147 g/mol. The molecular formula is C8H9N3. The zero-order chi connectivity index (χ0) is 8.43. The van der Waals surface area contributed by atoms with Crippen LogP contribution >= 0.6 is 0 Å². The summed E-state index contributed by atoms with van der Waals surface area (Å²) in [6.45, 7) is 8.57. The third-order valence-electron chi connectivity index (χ3n) is 1.53. The number of anilines is 2. The molecule has 56 valence electrons. The van der Waals surface area contributed by atoms with E-state index in [0.717, 1.165) is 5.56 Å². The Balaban J connectivity index is 3.35.